The van der Waals surface area contributed by atoms with Crippen LogP contribution in [0.15, 0.2) is 46.9 Å². The van der Waals surface area contributed by atoms with Crippen LogP contribution in [-0.4, -0.2) is 63.7 Å². The van der Waals surface area contributed by atoms with Crippen molar-refractivity contribution in [1.29, 1.82) is 0 Å². The second-order valence-electron chi connectivity index (χ2n) is 9.37. The lowest BCUT2D eigenvalue weighted by Gasteiger charge is -2.33. The molecule has 2 amide bonds. The van der Waals surface area contributed by atoms with Crippen LogP contribution < -0.4 is 19.1 Å². The van der Waals surface area contributed by atoms with E-state index in [1.807, 2.05) is 45.0 Å². The number of carbonyl (C=O) groups is 2. The van der Waals surface area contributed by atoms with Gasteiger partial charge in [0, 0.05) is 22.6 Å². The Balaban J connectivity index is 2.44. The minimum Gasteiger partial charge on any atom is -0.493 e. The first-order valence-electron chi connectivity index (χ1n) is 11.2. The van der Waals surface area contributed by atoms with Gasteiger partial charge in [0.1, 0.15) is 12.6 Å². The van der Waals surface area contributed by atoms with Crippen molar-refractivity contribution in [2.24, 2.45) is 0 Å². The smallest absolute Gasteiger partial charge is 0.244 e. The zero-order valence-electron chi connectivity index (χ0n) is 21.7. The summed E-state index contributed by atoms with van der Waals surface area (Å²) in [7, 11) is -0.952. The third kappa shape index (κ3) is 8.12. The number of benzene rings is 2. The fourth-order valence-corrected chi connectivity index (χ4v) is 4.54. The highest BCUT2D eigenvalue weighted by Gasteiger charge is 2.31. The Morgan fingerprint density at radius 2 is 1.61 bits per heavy atom. The molecule has 0 unspecified atom stereocenters. The molecule has 0 saturated heterocycles. The fraction of sp³-hybridized carbons (Fsp3) is 0.440. The molecule has 1 N–H and O–H groups in total. The molecule has 0 aromatic heterocycles. The minimum atomic E-state index is -3.86. The van der Waals surface area contributed by atoms with Crippen LogP contribution in [0, 0.1) is 0 Å². The molecule has 0 aliphatic heterocycles. The van der Waals surface area contributed by atoms with E-state index in [-0.39, 0.29) is 18.1 Å². The lowest BCUT2D eigenvalue weighted by molar-refractivity contribution is -0.140. The van der Waals surface area contributed by atoms with Crippen molar-refractivity contribution in [2.45, 2.75) is 45.8 Å². The second-order valence-corrected chi connectivity index (χ2v) is 12.2. The molecule has 0 fully saturated rings. The Hall–Kier alpha value is -2.79. The average Bonchev–Trinajstić information content (AvgIpc) is 2.79. The zero-order valence-corrected chi connectivity index (χ0v) is 24.1. The molecule has 0 radical (unpaired) electrons. The fourth-order valence-electron chi connectivity index (χ4n) is 3.44. The molecule has 0 aliphatic carbocycles. The highest BCUT2D eigenvalue weighted by atomic mass is 79.9. The van der Waals surface area contributed by atoms with Gasteiger partial charge >= 0.3 is 0 Å². The molecule has 1 atom stereocenters. The molecule has 0 aliphatic rings. The van der Waals surface area contributed by atoms with E-state index in [9.17, 15) is 18.0 Å². The van der Waals surface area contributed by atoms with Crippen LogP contribution in [0.2, 0.25) is 0 Å². The lowest BCUT2D eigenvalue weighted by atomic mass is 10.1. The lowest BCUT2D eigenvalue weighted by Crippen LogP contribution is -2.54. The van der Waals surface area contributed by atoms with Crippen LogP contribution in [0.3, 0.4) is 0 Å². The number of nitrogens with one attached hydrogen (secondary N) is 1. The molecule has 9 nitrogen and oxygen atoms in total. The van der Waals surface area contributed by atoms with Gasteiger partial charge in [-0.05, 0) is 57.5 Å². The number of rotatable bonds is 10. The SMILES string of the molecule is COc1ccc(N(CC(=O)N(Cc2ccc(Br)cc2)[C@H](C)C(=O)NC(C)(C)C)S(C)(=O)=O)cc1OC. The molecule has 0 bridgehead atoms. The van der Waals surface area contributed by atoms with Gasteiger partial charge in [0.05, 0.1) is 26.2 Å². The second kappa shape index (κ2) is 12.0. The Labute approximate surface area is 221 Å². The van der Waals surface area contributed by atoms with Crippen molar-refractivity contribution in [3.63, 3.8) is 0 Å². The van der Waals surface area contributed by atoms with E-state index in [0.717, 1.165) is 20.6 Å². The van der Waals surface area contributed by atoms with Gasteiger partial charge in [-0.3, -0.25) is 13.9 Å². The predicted octanol–water partition coefficient (Wildman–Crippen LogP) is 3.56. The number of nitrogens with zero attached hydrogens (tertiary/aromatic N) is 2. The number of amides is 2. The van der Waals surface area contributed by atoms with Crippen LogP contribution in [0.1, 0.15) is 33.3 Å². The van der Waals surface area contributed by atoms with Crippen molar-refractivity contribution >= 4 is 43.5 Å². The van der Waals surface area contributed by atoms with Gasteiger partial charge in [0.25, 0.3) is 0 Å². The molecule has 2 rings (SSSR count). The van der Waals surface area contributed by atoms with Gasteiger partial charge in [-0.2, -0.15) is 0 Å². The number of halogens is 1. The molecule has 2 aromatic carbocycles. The number of sulfonamides is 1. The maximum absolute atomic E-state index is 13.6. The van der Waals surface area contributed by atoms with Crippen molar-refractivity contribution in [3.05, 3.63) is 52.5 Å². The van der Waals surface area contributed by atoms with E-state index in [1.54, 1.807) is 13.0 Å². The first kappa shape index (κ1) is 29.4. The van der Waals surface area contributed by atoms with Gasteiger partial charge in [-0.1, -0.05) is 28.1 Å². The van der Waals surface area contributed by atoms with Gasteiger partial charge < -0.3 is 19.7 Å². The van der Waals surface area contributed by atoms with E-state index >= 15 is 0 Å². The Kier molecular flexibility index (Phi) is 9.78. The van der Waals surface area contributed by atoms with Crippen LogP contribution in [-0.2, 0) is 26.2 Å². The largest absolute Gasteiger partial charge is 0.493 e. The summed E-state index contributed by atoms with van der Waals surface area (Å²) in [4.78, 5) is 28.0. The summed E-state index contributed by atoms with van der Waals surface area (Å²) < 4.78 is 37.9. The Bertz CT molecular complexity index is 1180. The quantitative estimate of drug-likeness (QED) is 0.458. The number of carbonyl (C=O) groups excluding carboxylic acids is 2. The van der Waals surface area contributed by atoms with Crippen LogP contribution >= 0.6 is 15.9 Å². The zero-order chi connectivity index (χ0) is 27.3. The predicted molar refractivity (Wildman–Crippen MR) is 144 cm³/mol. The number of hydrogen-bond acceptors (Lipinski definition) is 6. The van der Waals surface area contributed by atoms with E-state index in [4.69, 9.17) is 9.47 Å². The standard InChI is InChI=1S/C25H34BrN3O6S/c1-17(24(31)27-25(2,3)4)28(15-18-8-10-19(26)11-9-18)23(30)16-29(36(7,32)33)20-12-13-21(34-5)22(14-20)35-6/h8-14,17H,15-16H2,1-7H3,(H,27,31)/t17-/m1/s1. The van der Waals surface area contributed by atoms with Crippen LogP contribution in [0.25, 0.3) is 0 Å². The molecular weight excluding hydrogens is 550 g/mol. The van der Waals surface area contributed by atoms with E-state index in [2.05, 4.69) is 21.2 Å². The highest BCUT2D eigenvalue weighted by molar-refractivity contribution is 9.10. The van der Waals surface area contributed by atoms with Crippen molar-refractivity contribution < 1.29 is 27.5 Å². The van der Waals surface area contributed by atoms with E-state index in [1.165, 1.54) is 31.3 Å². The maximum Gasteiger partial charge on any atom is 0.244 e. The topological polar surface area (TPSA) is 105 Å². The molecular formula is C25H34BrN3O6S. The van der Waals surface area contributed by atoms with Gasteiger partial charge in [-0.15, -0.1) is 0 Å². The summed E-state index contributed by atoms with van der Waals surface area (Å²) in [6.07, 6.45) is 1.02. The summed E-state index contributed by atoms with van der Waals surface area (Å²) in [5.74, 6) is -0.134. The Morgan fingerprint density at radius 3 is 2.11 bits per heavy atom. The summed E-state index contributed by atoms with van der Waals surface area (Å²) >= 11 is 3.39. The average molecular weight is 585 g/mol. The molecule has 36 heavy (non-hydrogen) atoms. The van der Waals surface area contributed by atoms with Gasteiger partial charge in [0.15, 0.2) is 11.5 Å². The number of methoxy groups -OCH3 is 2. The molecule has 0 spiro atoms. The molecule has 0 heterocycles. The summed E-state index contributed by atoms with van der Waals surface area (Å²) in [6.45, 7) is 6.79. The third-order valence-electron chi connectivity index (χ3n) is 5.27. The molecule has 0 saturated carbocycles. The van der Waals surface area contributed by atoms with E-state index in [0.29, 0.717) is 11.5 Å². The minimum absolute atomic E-state index is 0.119. The van der Waals surface area contributed by atoms with Crippen molar-refractivity contribution in [1.82, 2.24) is 10.2 Å². The summed E-state index contributed by atoms with van der Waals surface area (Å²) in [6, 6.07) is 11.1. The number of ether oxygens (including phenoxy) is 2. The maximum atomic E-state index is 13.6. The van der Waals surface area contributed by atoms with E-state index < -0.39 is 34.1 Å². The molecule has 2 aromatic rings. The normalized spacial score (nSPS) is 12.4. The summed E-state index contributed by atoms with van der Waals surface area (Å²) in [5.41, 5.74) is 0.522. The van der Waals surface area contributed by atoms with Crippen LogP contribution in [0.5, 0.6) is 11.5 Å². The number of anilines is 1. The monoisotopic (exact) mass is 583 g/mol. The van der Waals surface area contributed by atoms with Crippen molar-refractivity contribution in [3.8, 4) is 11.5 Å². The Morgan fingerprint density at radius 1 is 1.03 bits per heavy atom. The molecule has 198 valence electrons. The van der Waals surface area contributed by atoms with Gasteiger partial charge in [-0.25, -0.2) is 8.42 Å². The number of hydrogen-bond donors (Lipinski definition) is 1. The third-order valence-corrected chi connectivity index (χ3v) is 6.94. The van der Waals surface area contributed by atoms with Gasteiger partial charge in [0.2, 0.25) is 21.8 Å². The highest BCUT2D eigenvalue weighted by Crippen LogP contribution is 2.32. The molecule has 11 heteroatoms. The summed E-state index contributed by atoms with van der Waals surface area (Å²) in [5, 5.41) is 2.89. The van der Waals surface area contributed by atoms with Crippen molar-refractivity contribution in [2.75, 3.05) is 31.3 Å². The van der Waals surface area contributed by atoms with Crippen LogP contribution in [0.4, 0.5) is 5.69 Å². The first-order chi connectivity index (χ1) is 16.7. The first-order valence-corrected chi connectivity index (χ1v) is 13.9.